The van der Waals surface area contributed by atoms with Crippen LogP contribution in [-0.2, 0) is 20.8 Å². The number of aliphatic hydroxyl groups excluding tert-OH is 1. The molecule has 92 valence electrons. The molecule has 0 amide bonds. The molecule has 0 aromatic heterocycles. The van der Waals surface area contributed by atoms with E-state index in [-0.39, 0.29) is 13.2 Å². The summed E-state index contributed by atoms with van der Waals surface area (Å²) in [7, 11) is 0. The molecule has 1 aromatic rings. The second kappa shape index (κ2) is 5.65. The predicted molar refractivity (Wildman–Crippen MR) is 58.3 cm³/mol. The third-order valence-electron chi connectivity index (χ3n) is 2.44. The Bertz CT molecular complexity index is 364. The van der Waals surface area contributed by atoms with Crippen LogP contribution in [0, 0.1) is 0 Å². The van der Waals surface area contributed by atoms with Crippen molar-refractivity contribution in [2.75, 3.05) is 13.2 Å². The van der Waals surface area contributed by atoms with Crippen molar-refractivity contribution in [3.63, 3.8) is 0 Å². The summed E-state index contributed by atoms with van der Waals surface area (Å²) in [5, 5.41) is 9.66. The smallest absolute Gasteiger partial charge is 0.430 e. The fraction of sp³-hybridized carbons (Fsp3) is 0.417. The van der Waals surface area contributed by atoms with Gasteiger partial charge in [-0.1, -0.05) is 30.3 Å². The van der Waals surface area contributed by atoms with E-state index in [2.05, 4.69) is 4.74 Å². The van der Waals surface area contributed by atoms with Crippen LogP contribution in [0.5, 0.6) is 0 Å². The van der Waals surface area contributed by atoms with Gasteiger partial charge in [-0.15, -0.1) is 0 Å². The molecule has 1 saturated heterocycles. The first-order valence-electron chi connectivity index (χ1n) is 5.39. The summed E-state index contributed by atoms with van der Waals surface area (Å²) in [6, 6.07) is 9.63. The Morgan fingerprint density at radius 2 is 2.18 bits per heavy atom. The van der Waals surface area contributed by atoms with Crippen LogP contribution in [0.4, 0.5) is 4.79 Å². The molecule has 1 N–H and O–H groups in total. The van der Waals surface area contributed by atoms with Crippen LogP contribution in [0.1, 0.15) is 5.56 Å². The average molecular weight is 238 g/mol. The van der Waals surface area contributed by atoms with Crippen molar-refractivity contribution < 1.29 is 24.1 Å². The third kappa shape index (κ3) is 3.44. The second-order valence-electron chi connectivity index (χ2n) is 3.79. The van der Waals surface area contributed by atoms with Gasteiger partial charge in [0.2, 0.25) is 0 Å². The SMILES string of the molecule is O=C1OC[C@@H]([C@@H](O)COCc2ccccc2)O1. The molecule has 1 aliphatic heterocycles. The first-order chi connectivity index (χ1) is 8.25. The standard InChI is InChI=1S/C12H14O5/c13-10(11-8-16-12(14)17-11)7-15-6-9-4-2-1-3-5-9/h1-5,10-11,13H,6-8H2/t10-,11-/m0/s1. The molecule has 1 heterocycles. The van der Waals surface area contributed by atoms with Gasteiger partial charge in [-0.3, -0.25) is 0 Å². The molecule has 17 heavy (non-hydrogen) atoms. The number of hydrogen-bond acceptors (Lipinski definition) is 5. The van der Waals surface area contributed by atoms with Gasteiger partial charge in [0.05, 0.1) is 13.2 Å². The highest BCUT2D eigenvalue weighted by atomic mass is 16.8. The second-order valence-corrected chi connectivity index (χ2v) is 3.79. The zero-order valence-corrected chi connectivity index (χ0v) is 9.24. The largest absolute Gasteiger partial charge is 0.508 e. The average Bonchev–Trinajstić information content (AvgIpc) is 2.77. The lowest BCUT2D eigenvalue weighted by Gasteiger charge is -2.14. The van der Waals surface area contributed by atoms with Crippen LogP contribution in [0.2, 0.25) is 0 Å². The lowest BCUT2D eigenvalue weighted by Crippen LogP contribution is -2.32. The van der Waals surface area contributed by atoms with Crippen LogP contribution >= 0.6 is 0 Å². The van der Waals surface area contributed by atoms with E-state index in [0.717, 1.165) is 5.56 Å². The lowest BCUT2D eigenvalue weighted by atomic mass is 10.2. The summed E-state index contributed by atoms with van der Waals surface area (Å²) in [6.07, 6.45) is -2.22. The molecule has 0 spiro atoms. The van der Waals surface area contributed by atoms with E-state index in [1.54, 1.807) is 0 Å². The van der Waals surface area contributed by atoms with Gasteiger partial charge in [0.25, 0.3) is 0 Å². The Balaban J connectivity index is 1.70. The Labute approximate surface area is 98.9 Å². The van der Waals surface area contributed by atoms with Crippen LogP contribution in [0.25, 0.3) is 0 Å². The van der Waals surface area contributed by atoms with Gasteiger partial charge < -0.3 is 19.3 Å². The zero-order chi connectivity index (χ0) is 12.1. The number of aliphatic hydroxyl groups is 1. The van der Waals surface area contributed by atoms with Gasteiger partial charge >= 0.3 is 6.16 Å². The Kier molecular flexibility index (Phi) is 3.95. The van der Waals surface area contributed by atoms with E-state index in [4.69, 9.17) is 9.47 Å². The van der Waals surface area contributed by atoms with Crippen molar-refractivity contribution in [2.45, 2.75) is 18.8 Å². The number of rotatable bonds is 5. The maximum Gasteiger partial charge on any atom is 0.508 e. The molecule has 5 nitrogen and oxygen atoms in total. The van der Waals surface area contributed by atoms with Crippen LogP contribution < -0.4 is 0 Å². The highest BCUT2D eigenvalue weighted by Crippen LogP contribution is 2.11. The number of ether oxygens (including phenoxy) is 3. The van der Waals surface area contributed by atoms with Crippen LogP contribution in [0.15, 0.2) is 30.3 Å². The minimum absolute atomic E-state index is 0.0781. The molecule has 1 aromatic carbocycles. The van der Waals surface area contributed by atoms with E-state index >= 15 is 0 Å². The molecule has 2 atom stereocenters. The Morgan fingerprint density at radius 1 is 1.41 bits per heavy atom. The summed E-state index contributed by atoms with van der Waals surface area (Å²) in [4.78, 5) is 10.7. The minimum atomic E-state index is -0.856. The van der Waals surface area contributed by atoms with Gasteiger partial charge in [-0.25, -0.2) is 4.79 Å². The summed E-state index contributed by atoms with van der Waals surface area (Å²) in [5.74, 6) is 0. The molecule has 5 heteroatoms. The molecular weight excluding hydrogens is 224 g/mol. The van der Waals surface area contributed by atoms with Crippen molar-refractivity contribution in [2.24, 2.45) is 0 Å². The van der Waals surface area contributed by atoms with E-state index in [9.17, 15) is 9.90 Å². The van der Waals surface area contributed by atoms with Crippen molar-refractivity contribution >= 4 is 6.16 Å². The monoisotopic (exact) mass is 238 g/mol. The third-order valence-corrected chi connectivity index (χ3v) is 2.44. The number of hydrogen-bond donors (Lipinski definition) is 1. The summed E-state index contributed by atoms with van der Waals surface area (Å²) in [6.45, 7) is 0.602. The van der Waals surface area contributed by atoms with Crippen molar-refractivity contribution in [1.82, 2.24) is 0 Å². The van der Waals surface area contributed by atoms with E-state index in [1.165, 1.54) is 0 Å². The quantitative estimate of drug-likeness (QED) is 0.778. The Hall–Kier alpha value is -1.59. The molecule has 1 aliphatic rings. The first kappa shape index (κ1) is 11.9. The predicted octanol–water partition coefficient (Wildman–Crippen LogP) is 1.10. The fourth-order valence-corrected chi connectivity index (χ4v) is 1.51. The molecule has 0 saturated carbocycles. The van der Waals surface area contributed by atoms with Gasteiger partial charge in [-0.2, -0.15) is 0 Å². The van der Waals surface area contributed by atoms with Crippen LogP contribution in [-0.4, -0.2) is 36.7 Å². The molecule has 1 fully saturated rings. The number of benzene rings is 1. The molecule has 0 bridgehead atoms. The number of carbonyl (C=O) groups is 1. The topological polar surface area (TPSA) is 65.0 Å². The molecular formula is C12H14O5. The van der Waals surface area contributed by atoms with Gasteiger partial charge in [0.15, 0.2) is 6.10 Å². The lowest BCUT2D eigenvalue weighted by molar-refractivity contribution is -0.0316. The molecule has 0 aliphatic carbocycles. The summed E-state index contributed by atoms with van der Waals surface area (Å²) in [5.41, 5.74) is 1.03. The molecule has 0 unspecified atom stereocenters. The van der Waals surface area contributed by atoms with Crippen molar-refractivity contribution in [3.05, 3.63) is 35.9 Å². The normalized spacial score (nSPS) is 20.8. The van der Waals surface area contributed by atoms with Crippen molar-refractivity contribution in [1.29, 1.82) is 0 Å². The van der Waals surface area contributed by atoms with Crippen LogP contribution in [0.3, 0.4) is 0 Å². The zero-order valence-electron chi connectivity index (χ0n) is 9.24. The highest BCUT2D eigenvalue weighted by molar-refractivity contribution is 5.61. The van der Waals surface area contributed by atoms with Gasteiger partial charge in [0, 0.05) is 0 Å². The van der Waals surface area contributed by atoms with Gasteiger partial charge in [-0.05, 0) is 5.56 Å². The van der Waals surface area contributed by atoms with E-state index in [1.807, 2.05) is 30.3 Å². The maximum absolute atomic E-state index is 10.7. The van der Waals surface area contributed by atoms with E-state index < -0.39 is 18.4 Å². The summed E-state index contributed by atoms with van der Waals surface area (Å²) < 4.78 is 14.6. The first-order valence-corrected chi connectivity index (χ1v) is 5.39. The minimum Gasteiger partial charge on any atom is -0.430 e. The Morgan fingerprint density at radius 3 is 2.82 bits per heavy atom. The summed E-state index contributed by atoms with van der Waals surface area (Å²) >= 11 is 0. The number of cyclic esters (lactones) is 2. The molecule has 2 rings (SSSR count). The highest BCUT2D eigenvalue weighted by Gasteiger charge is 2.31. The van der Waals surface area contributed by atoms with E-state index in [0.29, 0.717) is 6.61 Å². The maximum atomic E-state index is 10.7. The fourth-order valence-electron chi connectivity index (χ4n) is 1.51. The van der Waals surface area contributed by atoms with Crippen molar-refractivity contribution in [3.8, 4) is 0 Å². The van der Waals surface area contributed by atoms with Gasteiger partial charge in [0.1, 0.15) is 12.7 Å². The molecule has 0 radical (unpaired) electrons. The number of carbonyl (C=O) groups excluding carboxylic acids is 1.